The minimum absolute atomic E-state index is 0. The number of hydrogen-bond acceptors (Lipinski definition) is 4. The van der Waals surface area contributed by atoms with E-state index in [0.717, 1.165) is 25.9 Å². The second-order valence-electron chi connectivity index (χ2n) is 7.46. The molecule has 1 unspecified atom stereocenters. The number of likely N-dealkylation sites (tertiary alicyclic amines) is 1. The normalized spacial score (nSPS) is 17.8. The predicted molar refractivity (Wildman–Crippen MR) is 127 cm³/mol. The summed E-state index contributed by atoms with van der Waals surface area (Å²) in [5, 5.41) is 6.78. The first-order valence-electron chi connectivity index (χ1n) is 9.87. The van der Waals surface area contributed by atoms with Gasteiger partial charge in [0.25, 0.3) is 0 Å². The third kappa shape index (κ3) is 7.51. The highest BCUT2D eigenvalue weighted by atomic mass is 127. The van der Waals surface area contributed by atoms with E-state index in [1.165, 1.54) is 0 Å². The number of benzene rings is 1. The molecule has 0 bridgehead atoms. The quantitative estimate of drug-likeness (QED) is 0.328. The number of guanidine groups is 1. The maximum absolute atomic E-state index is 12.7. The largest absolute Gasteiger partial charge is 0.354 e. The Hall–Kier alpha value is -0.870. The lowest BCUT2D eigenvalue weighted by molar-refractivity contribution is 0.167. The molecule has 1 saturated heterocycles. The summed E-state index contributed by atoms with van der Waals surface area (Å²) >= 11 is 0. The molecule has 0 aromatic heterocycles. The van der Waals surface area contributed by atoms with Crippen molar-refractivity contribution in [2.75, 3.05) is 25.9 Å². The van der Waals surface area contributed by atoms with Crippen molar-refractivity contribution in [2.24, 2.45) is 4.99 Å². The molecule has 160 valence electrons. The van der Waals surface area contributed by atoms with Gasteiger partial charge in [-0.1, -0.05) is 25.1 Å². The molecule has 1 aromatic carbocycles. The van der Waals surface area contributed by atoms with Crippen LogP contribution in [0.15, 0.2) is 40.2 Å². The third-order valence-electron chi connectivity index (χ3n) is 5.18. The Morgan fingerprint density at radius 1 is 1.21 bits per heavy atom. The van der Waals surface area contributed by atoms with Crippen LogP contribution in [0.1, 0.15) is 40.0 Å². The van der Waals surface area contributed by atoms with Crippen LogP contribution in [0.25, 0.3) is 0 Å². The van der Waals surface area contributed by atoms with E-state index in [2.05, 4.69) is 34.4 Å². The third-order valence-corrected chi connectivity index (χ3v) is 7.01. The Labute approximate surface area is 187 Å². The summed E-state index contributed by atoms with van der Waals surface area (Å²) < 4.78 is 25.3. The summed E-state index contributed by atoms with van der Waals surface area (Å²) in [6.45, 7) is 8.60. The highest BCUT2D eigenvalue weighted by molar-refractivity contribution is 14.0. The highest BCUT2D eigenvalue weighted by Crippen LogP contribution is 2.14. The van der Waals surface area contributed by atoms with Crippen LogP contribution in [-0.2, 0) is 9.84 Å². The molecule has 8 heteroatoms. The summed E-state index contributed by atoms with van der Waals surface area (Å²) in [7, 11) is -1.59. The van der Waals surface area contributed by atoms with Gasteiger partial charge in [0.05, 0.1) is 10.6 Å². The van der Waals surface area contributed by atoms with E-state index in [1.807, 2.05) is 13.0 Å². The molecular formula is C20H35IN4O2S. The fraction of sp³-hybridized carbons (Fsp3) is 0.650. The van der Waals surface area contributed by atoms with Crippen molar-refractivity contribution >= 4 is 39.8 Å². The lowest BCUT2D eigenvalue weighted by Crippen LogP contribution is -2.52. The summed E-state index contributed by atoms with van der Waals surface area (Å²) in [6.07, 6.45) is 2.84. The van der Waals surface area contributed by atoms with E-state index >= 15 is 0 Å². The summed E-state index contributed by atoms with van der Waals surface area (Å²) in [4.78, 5) is 7.16. The van der Waals surface area contributed by atoms with Crippen LogP contribution in [0.5, 0.6) is 0 Å². The van der Waals surface area contributed by atoms with Gasteiger partial charge in [0, 0.05) is 38.3 Å². The maximum Gasteiger partial charge on any atom is 0.191 e. The van der Waals surface area contributed by atoms with Gasteiger partial charge < -0.3 is 15.5 Å². The number of aliphatic imine (C=N–C) groups is 1. The van der Waals surface area contributed by atoms with Crippen LogP contribution in [0.2, 0.25) is 0 Å². The fourth-order valence-electron chi connectivity index (χ4n) is 3.37. The molecule has 2 N–H and O–H groups in total. The van der Waals surface area contributed by atoms with Crippen LogP contribution in [0.3, 0.4) is 0 Å². The van der Waals surface area contributed by atoms with E-state index < -0.39 is 9.84 Å². The number of piperidine rings is 1. The molecule has 0 aliphatic carbocycles. The van der Waals surface area contributed by atoms with E-state index in [-0.39, 0.29) is 35.8 Å². The van der Waals surface area contributed by atoms with Gasteiger partial charge in [0.2, 0.25) is 0 Å². The summed E-state index contributed by atoms with van der Waals surface area (Å²) in [6, 6.07) is 9.40. The van der Waals surface area contributed by atoms with Crippen LogP contribution >= 0.6 is 24.0 Å². The molecule has 1 atom stereocenters. The molecule has 1 fully saturated rings. The first-order valence-corrected chi connectivity index (χ1v) is 11.5. The summed E-state index contributed by atoms with van der Waals surface area (Å²) in [5.41, 5.74) is 0. The minimum Gasteiger partial charge on any atom is -0.354 e. The molecule has 0 amide bonds. The highest BCUT2D eigenvalue weighted by Gasteiger charge is 2.24. The van der Waals surface area contributed by atoms with Gasteiger partial charge in [0.1, 0.15) is 0 Å². The van der Waals surface area contributed by atoms with Crippen LogP contribution in [0, 0.1) is 0 Å². The molecule has 1 aromatic rings. The number of hydrogen-bond donors (Lipinski definition) is 2. The van der Waals surface area contributed by atoms with Gasteiger partial charge in [0.15, 0.2) is 15.8 Å². The number of sulfone groups is 1. The molecule has 1 aliphatic heterocycles. The maximum atomic E-state index is 12.7. The van der Waals surface area contributed by atoms with Crippen molar-refractivity contribution in [3.8, 4) is 0 Å². The summed E-state index contributed by atoms with van der Waals surface area (Å²) in [5.74, 6) is 0.744. The molecule has 28 heavy (non-hydrogen) atoms. The van der Waals surface area contributed by atoms with Gasteiger partial charge in [-0.3, -0.25) is 4.99 Å². The Bertz CT molecular complexity index is 702. The Morgan fingerprint density at radius 2 is 1.82 bits per heavy atom. The molecule has 1 heterocycles. The monoisotopic (exact) mass is 522 g/mol. The van der Waals surface area contributed by atoms with Crippen molar-refractivity contribution in [1.29, 1.82) is 0 Å². The zero-order valence-corrected chi connectivity index (χ0v) is 20.5. The molecule has 0 spiro atoms. The second kappa shape index (κ2) is 12.0. The molecule has 0 saturated carbocycles. The smallest absolute Gasteiger partial charge is 0.191 e. The predicted octanol–water partition coefficient (Wildman–Crippen LogP) is 2.89. The van der Waals surface area contributed by atoms with E-state index in [1.54, 1.807) is 31.3 Å². The van der Waals surface area contributed by atoms with E-state index in [4.69, 9.17) is 0 Å². The lowest BCUT2D eigenvalue weighted by Gasteiger charge is -2.35. The Morgan fingerprint density at radius 3 is 2.32 bits per heavy atom. The van der Waals surface area contributed by atoms with Crippen LogP contribution in [-0.4, -0.2) is 63.3 Å². The minimum atomic E-state index is -3.33. The number of nitrogens with zero attached hydrogens (tertiary/aromatic N) is 2. The topological polar surface area (TPSA) is 73.8 Å². The zero-order valence-electron chi connectivity index (χ0n) is 17.4. The van der Waals surface area contributed by atoms with Crippen molar-refractivity contribution in [3.05, 3.63) is 30.3 Å². The number of nitrogens with one attached hydrogen (secondary N) is 2. The van der Waals surface area contributed by atoms with E-state index in [0.29, 0.717) is 29.4 Å². The molecule has 2 rings (SSSR count). The van der Waals surface area contributed by atoms with Gasteiger partial charge >= 0.3 is 0 Å². The Balaban J connectivity index is 0.00000392. The van der Waals surface area contributed by atoms with Crippen molar-refractivity contribution in [2.45, 2.75) is 63.1 Å². The first kappa shape index (κ1) is 25.2. The van der Waals surface area contributed by atoms with Crippen LogP contribution < -0.4 is 10.6 Å². The first-order chi connectivity index (χ1) is 12.9. The van der Waals surface area contributed by atoms with Crippen molar-refractivity contribution in [3.63, 3.8) is 0 Å². The van der Waals surface area contributed by atoms with Crippen molar-refractivity contribution in [1.82, 2.24) is 15.5 Å². The van der Waals surface area contributed by atoms with Crippen LogP contribution in [0.4, 0.5) is 0 Å². The lowest BCUT2D eigenvalue weighted by atomic mass is 10.0. The van der Waals surface area contributed by atoms with Gasteiger partial charge in [-0.25, -0.2) is 8.42 Å². The van der Waals surface area contributed by atoms with Gasteiger partial charge in [-0.05, 0) is 45.2 Å². The van der Waals surface area contributed by atoms with E-state index in [9.17, 15) is 8.42 Å². The average molecular weight is 522 g/mol. The molecular weight excluding hydrogens is 487 g/mol. The SMILES string of the molecule is CCC(CS(=O)(=O)c1ccccc1)NC(=NC)NC1CCN(C(C)C)CC1.I. The fourth-order valence-corrected chi connectivity index (χ4v) is 4.98. The van der Waals surface area contributed by atoms with Gasteiger partial charge in [-0.15, -0.1) is 24.0 Å². The zero-order chi connectivity index (χ0) is 19.9. The second-order valence-corrected chi connectivity index (χ2v) is 9.50. The average Bonchev–Trinajstić information content (AvgIpc) is 2.67. The van der Waals surface area contributed by atoms with Gasteiger partial charge in [-0.2, -0.15) is 0 Å². The number of halogens is 1. The molecule has 0 radical (unpaired) electrons. The van der Waals surface area contributed by atoms with Crippen molar-refractivity contribution < 1.29 is 8.42 Å². The standard InChI is InChI=1S/C20H34N4O2S.HI/c1-5-17(15-27(25,26)19-9-7-6-8-10-19)22-20(21-4)23-18-11-13-24(14-12-18)16(2)3;/h6-10,16-18H,5,11-15H2,1-4H3,(H2,21,22,23);1H. The molecule has 1 aliphatic rings. The molecule has 6 nitrogen and oxygen atoms in total. The Kier molecular flexibility index (Phi) is 10.8. The number of rotatable bonds is 7.